The molecule has 2 N–H and O–H groups in total. The Morgan fingerprint density at radius 1 is 1.11 bits per heavy atom. The van der Waals surface area contributed by atoms with Gasteiger partial charge in [-0.05, 0) is 62.4 Å². The Morgan fingerprint density at radius 2 is 1.96 bits per heavy atom. The molecule has 0 aliphatic heterocycles. The molecular weight excluding hydrogens is 372 g/mol. The second-order valence-electron chi connectivity index (χ2n) is 7.00. The molecule has 5 nitrogen and oxygen atoms in total. The van der Waals surface area contributed by atoms with E-state index in [0.29, 0.717) is 28.4 Å². The highest BCUT2D eigenvalue weighted by atomic mass is 32.1. The molecule has 0 bridgehead atoms. The molecule has 0 radical (unpaired) electrons. The van der Waals surface area contributed by atoms with Crippen molar-refractivity contribution in [3.8, 4) is 0 Å². The Balaban J connectivity index is 1.60. The third-order valence-electron chi connectivity index (χ3n) is 4.91. The summed E-state index contributed by atoms with van der Waals surface area (Å²) in [7, 11) is 0. The lowest BCUT2D eigenvalue weighted by Crippen LogP contribution is -2.25. The van der Waals surface area contributed by atoms with Crippen molar-refractivity contribution in [1.82, 2.24) is 5.32 Å². The van der Waals surface area contributed by atoms with Crippen LogP contribution in [-0.2, 0) is 19.4 Å². The van der Waals surface area contributed by atoms with E-state index in [4.69, 9.17) is 4.42 Å². The van der Waals surface area contributed by atoms with Crippen molar-refractivity contribution in [3.63, 3.8) is 0 Å². The van der Waals surface area contributed by atoms with Crippen LogP contribution < -0.4 is 10.6 Å². The number of aryl methyl sites for hydroxylation is 2. The van der Waals surface area contributed by atoms with Crippen molar-refractivity contribution in [2.24, 2.45) is 0 Å². The van der Waals surface area contributed by atoms with Gasteiger partial charge in [-0.25, -0.2) is 0 Å². The van der Waals surface area contributed by atoms with E-state index >= 15 is 0 Å². The molecule has 1 aliphatic rings. The molecule has 0 fully saturated rings. The summed E-state index contributed by atoms with van der Waals surface area (Å²) < 4.78 is 5.30. The van der Waals surface area contributed by atoms with Gasteiger partial charge in [0.2, 0.25) is 0 Å². The number of nitrogens with one attached hydrogen (secondary N) is 2. The van der Waals surface area contributed by atoms with Crippen molar-refractivity contribution < 1.29 is 14.0 Å². The van der Waals surface area contributed by atoms with Crippen molar-refractivity contribution in [3.05, 3.63) is 75.6 Å². The monoisotopic (exact) mass is 394 g/mol. The predicted molar refractivity (Wildman–Crippen MR) is 110 cm³/mol. The first-order valence-electron chi connectivity index (χ1n) is 9.45. The summed E-state index contributed by atoms with van der Waals surface area (Å²) in [5.41, 5.74) is 3.29. The molecular formula is C22H22N2O3S. The number of benzene rings is 1. The van der Waals surface area contributed by atoms with Gasteiger partial charge in [0, 0.05) is 10.4 Å². The summed E-state index contributed by atoms with van der Waals surface area (Å²) in [5.74, 6) is 0.334. The van der Waals surface area contributed by atoms with Crippen molar-refractivity contribution >= 4 is 28.2 Å². The Hall–Kier alpha value is -2.86. The van der Waals surface area contributed by atoms with E-state index in [9.17, 15) is 9.59 Å². The Labute approximate surface area is 167 Å². The normalized spacial score (nSPS) is 13.0. The van der Waals surface area contributed by atoms with Gasteiger partial charge >= 0.3 is 0 Å². The number of fused-ring (bicyclic) bond motifs is 1. The lowest BCUT2D eigenvalue weighted by atomic mass is 9.95. The fraction of sp³-hybridized carbons (Fsp3) is 0.273. The maximum absolute atomic E-state index is 13.0. The van der Waals surface area contributed by atoms with Crippen LogP contribution in [0.5, 0.6) is 0 Å². The molecule has 0 saturated carbocycles. The van der Waals surface area contributed by atoms with E-state index in [1.54, 1.807) is 18.4 Å². The molecule has 2 amide bonds. The number of furan rings is 1. The van der Waals surface area contributed by atoms with Crippen LogP contribution in [0.2, 0.25) is 0 Å². The van der Waals surface area contributed by atoms with Gasteiger partial charge in [-0.3, -0.25) is 9.59 Å². The maximum atomic E-state index is 13.0. The number of carbonyl (C=O) groups is 2. The van der Waals surface area contributed by atoms with Crippen LogP contribution in [0.1, 0.15) is 55.3 Å². The smallest absolute Gasteiger partial charge is 0.256 e. The highest BCUT2D eigenvalue weighted by Crippen LogP contribution is 2.38. The van der Waals surface area contributed by atoms with Gasteiger partial charge < -0.3 is 15.1 Å². The van der Waals surface area contributed by atoms with Gasteiger partial charge in [-0.15, -0.1) is 11.3 Å². The first-order valence-corrected chi connectivity index (χ1v) is 10.3. The number of hydrogen-bond donors (Lipinski definition) is 2. The topological polar surface area (TPSA) is 71.3 Å². The van der Waals surface area contributed by atoms with Crippen molar-refractivity contribution in [2.45, 2.75) is 39.2 Å². The minimum absolute atomic E-state index is 0.171. The average molecular weight is 394 g/mol. The largest absolute Gasteiger partial charge is 0.467 e. The van der Waals surface area contributed by atoms with Crippen molar-refractivity contribution in [2.75, 3.05) is 5.32 Å². The molecule has 2 heterocycles. The van der Waals surface area contributed by atoms with Crippen LogP contribution in [0.15, 0.2) is 47.1 Å². The zero-order chi connectivity index (χ0) is 19.5. The molecule has 3 aromatic rings. The predicted octanol–water partition coefficient (Wildman–Crippen LogP) is 4.71. The van der Waals surface area contributed by atoms with Gasteiger partial charge in [-0.1, -0.05) is 17.7 Å². The maximum Gasteiger partial charge on any atom is 0.256 e. The number of anilines is 1. The molecule has 0 unspecified atom stereocenters. The Bertz CT molecular complexity index is 1000. The molecule has 0 saturated heterocycles. The molecule has 1 aliphatic carbocycles. The van der Waals surface area contributed by atoms with Crippen LogP contribution in [0, 0.1) is 6.92 Å². The molecule has 6 heteroatoms. The van der Waals surface area contributed by atoms with Crippen LogP contribution in [0.3, 0.4) is 0 Å². The third-order valence-corrected chi connectivity index (χ3v) is 6.12. The quantitative estimate of drug-likeness (QED) is 0.658. The Morgan fingerprint density at radius 3 is 2.75 bits per heavy atom. The van der Waals surface area contributed by atoms with Gasteiger partial charge in [0.05, 0.1) is 18.4 Å². The number of rotatable bonds is 5. The third kappa shape index (κ3) is 3.87. The SMILES string of the molecule is Cc1cccc(C(=O)Nc2sc3c(c2C(=O)NCc2ccco2)CCCC3)c1. The lowest BCUT2D eigenvalue weighted by Gasteiger charge is -2.13. The van der Waals surface area contributed by atoms with E-state index < -0.39 is 0 Å². The number of carbonyl (C=O) groups excluding carboxylic acids is 2. The summed E-state index contributed by atoms with van der Waals surface area (Å²) in [5, 5.41) is 6.54. The molecule has 0 spiro atoms. The van der Waals surface area contributed by atoms with Crippen LogP contribution in [0.4, 0.5) is 5.00 Å². The fourth-order valence-corrected chi connectivity index (χ4v) is 4.81. The molecule has 0 atom stereocenters. The highest BCUT2D eigenvalue weighted by molar-refractivity contribution is 7.17. The summed E-state index contributed by atoms with van der Waals surface area (Å²) in [6.07, 6.45) is 5.59. The van der Waals surface area contributed by atoms with E-state index in [1.807, 2.05) is 31.2 Å². The first kappa shape index (κ1) is 18.5. The molecule has 4 rings (SSSR count). The zero-order valence-electron chi connectivity index (χ0n) is 15.7. The molecule has 28 heavy (non-hydrogen) atoms. The summed E-state index contributed by atoms with van der Waals surface area (Å²) >= 11 is 1.52. The number of hydrogen-bond acceptors (Lipinski definition) is 4. The second-order valence-corrected chi connectivity index (χ2v) is 8.11. The molecule has 1 aromatic carbocycles. The van der Waals surface area contributed by atoms with E-state index in [-0.39, 0.29) is 11.8 Å². The van der Waals surface area contributed by atoms with E-state index in [2.05, 4.69) is 10.6 Å². The summed E-state index contributed by atoms with van der Waals surface area (Å²) in [6.45, 7) is 2.27. The molecule has 144 valence electrons. The zero-order valence-corrected chi connectivity index (χ0v) is 16.5. The standard InChI is InChI=1S/C22H22N2O3S/c1-14-6-4-7-15(12-14)20(25)24-22-19(17-9-2-3-10-18(17)28-22)21(26)23-13-16-8-5-11-27-16/h4-8,11-12H,2-3,9-10,13H2,1H3,(H,23,26)(H,24,25). The second kappa shape index (κ2) is 8.02. The minimum atomic E-state index is -0.192. The number of amides is 2. The fourth-order valence-electron chi connectivity index (χ4n) is 3.52. The summed E-state index contributed by atoms with van der Waals surface area (Å²) in [4.78, 5) is 26.9. The molecule has 2 aromatic heterocycles. The minimum Gasteiger partial charge on any atom is -0.467 e. The van der Waals surface area contributed by atoms with E-state index in [0.717, 1.165) is 36.8 Å². The van der Waals surface area contributed by atoms with Gasteiger partial charge in [0.25, 0.3) is 11.8 Å². The van der Waals surface area contributed by atoms with Gasteiger partial charge in [0.15, 0.2) is 0 Å². The average Bonchev–Trinajstić information content (AvgIpc) is 3.33. The first-order chi connectivity index (χ1) is 13.6. The number of thiophene rings is 1. The van der Waals surface area contributed by atoms with Crippen LogP contribution in [0.25, 0.3) is 0 Å². The van der Waals surface area contributed by atoms with Gasteiger partial charge in [0.1, 0.15) is 10.8 Å². The summed E-state index contributed by atoms with van der Waals surface area (Å²) in [6, 6.07) is 11.1. The highest BCUT2D eigenvalue weighted by Gasteiger charge is 2.26. The lowest BCUT2D eigenvalue weighted by molar-refractivity contribution is 0.0948. The Kier molecular flexibility index (Phi) is 5.30. The van der Waals surface area contributed by atoms with Crippen molar-refractivity contribution in [1.29, 1.82) is 0 Å². The van der Waals surface area contributed by atoms with Gasteiger partial charge in [-0.2, -0.15) is 0 Å². The van der Waals surface area contributed by atoms with E-state index in [1.165, 1.54) is 16.2 Å². The van der Waals surface area contributed by atoms with Crippen LogP contribution >= 0.6 is 11.3 Å². The van der Waals surface area contributed by atoms with Crippen LogP contribution in [-0.4, -0.2) is 11.8 Å².